The summed E-state index contributed by atoms with van der Waals surface area (Å²) in [4.78, 5) is 16.5. The molecule has 1 aromatic heterocycles. The Kier molecular flexibility index (Phi) is 7.19. The van der Waals surface area contributed by atoms with E-state index in [9.17, 15) is 13.2 Å². The molecule has 0 unspecified atom stereocenters. The van der Waals surface area contributed by atoms with Crippen molar-refractivity contribution < 1.29 is 13.2 Å². The molecule has 2 aromatic carbocycles. The number of nitrogens with zero attached hydrogens (tertiary/aromatic N) is 3. The van der Waals surface area contributed by atoms with Crippen LogP contribution in [0.25, 0.3) is 5.69 Å². The molecule has 0 radical (unpaired) electrons. The number of benzene rings is 2. The third-order valence-corrected chi connectivity index (χ3v) is 6.56. The average molecular weight is 442 g/mol. The maximum absolute atomic E-state index is 12.5. The quantitative estimate of drug-likeness (QED) is 0.497. The summed E-state index contributed by atoms with van der Waals surface area (Å²) in [5, 5.41) is 7.03. The Labute approximate surface area is 182 Å². The van der Waals surface area contributed by atoms with E-state index < -0.39 is 10.0 Å². The standard InChI is InChI=1S/C22H27N5O3S/c1-16-6-7-17(2)21(13-16)31(29,30)25-12-4-5-22(28)26-18(3)19-8-10-20(11-9-19)27-15-23-14-24-27/h6-11,13-15,18,25H,4-5,12H2,1-3H3,(H,26,28)/t18-/m0/s1. The second-order valence-electron chi connectivity index (χ2n) is 7.49. The van der Waals surface area contributed by atoms with Gasteiger partial charge in [0.25, 0.3) is 0 Å². The molecule has 0 aliphatic rings. The first-order valence-electron chi connectivity index (χ1n) is 10.1. The van der Waals surface area contributed by atoms with Crippen LogP contribution in [0.1, 0.15) is 42.5 Å². The molecule has 0 saturated carbocycles. The highest BCUT2D eigenvalue weighted by Gasteiger charge is 2.17. The number of aryl methyl sites for hydroxylation is 2. The molecule has 0 bridgehead atoms. The van der Waals surface area contributed by atoms with E-state index in [1.54, 1.807) is 30.1 Å². The predicted octanol–water partition coefficient (Wildman–Crippen LogP) is 2.82. The number of carbonyl (C=O) groups excluding carboxylic acids is 1. The lowest BCUT2D eigenvalue weighted by molar-refractivity contribution is -0.121. The first kappa shape index (κ1) is 22.6. The third-order valence-electron chi connectivity index (χ3n) is 4.96. The van der Waals surface area contributed by atoms with Gasteiger partial charge in [-0.2, -0.15) is 5.10 Å². The summed E-state index contributed by atoms with van der Waals surface area (Å²) < 4.78 is 29.2. The Bertz CT molecular complexity index is 1130. The highest BCUT2D eigenvalue weighted by molar-refractivity contribution is 7.89. The van der Waals surface area contributed by atoms with Crippen LogP contribution in [0, 0.1) is 13.8 Å². The fourth-order valence-electron chi connectivity index (χ4n) is 3.18. The van der Waals surface area contributed by atoms with Crippen molar-refractivity contribution in [1.29, 1.82) is 0 Å². The molecule has 1 amide bonds. The summed E-state index contributed by atoms with van der Waals surface area (Å²) in [6.07, 6.45) is 3.73. The van der Waals surface area contributed by atoms with E-state index in [4.69, 9.17) is 0 Å². The van der Waals surface area contributed by atoms with Crippen molar-refractivity contribution in [2.75, 3.05) is 6.54 Å². The van der Waals surface area contributed by atoms with Crippen molar-refractivity contribution in [2.24, 2.45) is 0 Å². The van der Waals surface area contributed by atoms with Gasteiger partial charge in [0, 0.05) is 13.0 Å². The lowest BCUT2D eigenvalue weighted by atomic mass is 10.1. The van der Waals surface area contributed by atoms with E-state index in [-0.39, 0.29) is 29.8 Å². The maximum atomic E-state index is 12.5. The van der Waals surface area contributed by atoms with Crippen LogP contribution in [0.2, 0.25) is 0 Å². The van der Waals surface area contributed by atoms with Gasteiger partial charge >= 0.3 is 0 Å². The van der Waals surface area contributed by atoms with Gasteiger partial charge in [0.05, 0.1) is 16.6 Å². The minimum Gasteiger partial charge on any atom is -0.350 e. The van der Waals surface area contributed by atoms with Gasteiger partial charge in [-0.15, -0.1) is 0 Å². The molecule has 164 valence electrons. The Hall–Kier alpha value is -3.04. The van der Waals surface area contributed by atoms with E-state index in [2.05, 4.69) is 20.1 Å². The van der Waals surface area contributed by atoms with Crippen LogP contribution >= 0.6 is 0 Å². The average Bonchev–Trinajstić information content (AvgIpc) is 3.28. The minimum atomic E-state index is -3.59. The Balaban J connectivity index is 1.46. The molecule has 0 aliphatic heterocycles. The zero-order valence-corrected chi connectivity index (χ0v) is 18.7. The van der Waals surface area contributed by atoms with Gasteiger partial charge in [-0.3, -0.25) is 4.79 Å². The summed E-state index contributed by atoms with van der Waals surface area (Å²) in [5.74, 6) is -0.126. The predicted molar refractivity (Wildman–Crippen MR) is 118 cm³/mol. The monoisotopic (exact) mass is 441 g/mol. The van der Waals surface area contributed by atoms with Gasteiger partial charge in [0.15, 0.2) is 0 Å². The number of hydrogen-bond acceptors (Lipinski definition) is 5. The molecule has 1 heterocycles. The SMILES string of the molecule is Cc1ccc(C)c(S(=O)(=O)NCCCC(=O)N[C@@H](C)c2ccc(-n3cncn3)cc2)c1. The minimum absolute atomic E-state index is 0.126. The van der Waals surface area contributed by atoms with Crippen LogP contribution in [0.4, 0.5) is 0 Å². The Morgan fingerprint density at radius 1 is 1.13 bits per heavy atom. The second-order valence-corrected chi connectivity index (χ2v) is 9.23. The van der Waals surface area contributed by atoms with Crippen LogP contribution in [-0.2, 0) is 14.8 Å². The van der Waals surface area contributed by atoms with Crippen LogP contribution in [-0.4, -0.2) is 35.6 Å². The Morgan fingerprint density at radius 2 is 1.87 bits per heavy atom. The van der Waals surface area contributed by atoms with Gasteiger partial charge in [0.2, 0.25) is 15.9 Å². The zero-order chi connectivity index (χ0) is 22.4. The highest BCUT2D eigenvalue weighted by atomic mass is 32.2. The number of sulfonamides is 1. The van der Waals surface area contributed by atoms with E-state index in [0.717, 1.165) is 16.8 Å². The van der Waals surface area contributed by atoms with Crippen molar-refractivity contribution in [2.45, 2.75) is 44.6 Å². The first-order chi connectivity index (χ1) is 14.8. The Morgan fingerprint density at radius 3 is 2.55 bits per heavy atom. The van der Waals surface area contributed by atoms with E-state index >= 15 is 0 Å². The molecule has 3 rings (SSSR count). The first-order valence-corrected chi connectivity index (χ1v) is 11.6. The van der Waals surface area contributed by atoms with Gasteiger partial charge < -0.3 is 5.32 Å². The van der Waals surface area contributed by atoms with Gasteiger partial charge in [0.1, 0.15) is 12.7 Å². The van der Waals surface area contributed by atoms with Crippen molar-refractivity contribution >= 4 is 15.9 Å². The van der Waals surface area contributed by atoms with E-state index in [1.165, 1.54) is 6.33 Å². The third kappa shape index (κ3) is 5.99. The summed E-state index contributed by atoms with van der Waals surface area (Å²) >= 11 is 0. The fourth-order valence-corrected chi connectivity index (χ4v) is 4.59. The van der Waals surface area contributed by atoms with Crippen LogP contribution in [0.5, 0.6) is 0 Å². The van der Waals surface area contributed by atoms with Gasteiger partial charge in [-0.25, -0.2) is 22.8 Å². The van der Waals surface area contributed by atoms with Crippen LogP contribution in [0.15, 0.2) is 60.0 Å². The number of amides is 1. The molecule has 1 atom stereocenters. The molecule has 9 heteroatoms. The number of hydrogen-bond donors (Lipinski definition) is 2. The topological polar surface area (TPSA) is 106 Å². The summed E-state index contributed by atoms with van der Waals surface area (Å²) in [7, 11) is -3.59. The lowest BCUT2D eigenvalue weighted by Crippen LogP contribution is -2.29. The van der Waals surface area contributed by atoms with Gasteiger partial charge in [-0.1, -0.05) is 24.3 Å². The molecule has 0 aliphatic carbocycles. The molecule has 0 fully saturated rings. The van der Waals surface area contributed by atoms with E-state index in [0.29, 0.717) is 12.0 Å². The smallest absolute Gasteiger partial charge is 0.240 e. The fraction of sp³-hybridized carbons (Fsp3) is 0.318. The molecule has 3 aromatic rings. The maximum Gasteiger partial charge on any atom is 0.240 e. The highest BCUT2D eigenvalue weighted by Crippen LogP contribution is 2.17. The molecule has 31 heavy (non-hydrogen) atoms. The van der Waals surface area contributed by atoms with Crippen molar-refractivity contribution in [3.63, 3.8) is 0 Å². The second kappa shape index (κ2) is 9.84. The number of rotatable bonds is 9. The normalized spacial score (nSPS) is 12.5. The molecule has 8 nitrogen and oxygen atoms in total. The summed E-state index contributed by atoms with van der Waals surface area (Å²) in [5.41, 5.74) is 3.43. The number of aromatic nitrogens is 3. The van der Waals surface area contributed by atoms with E-state index in [1.807, 2.05) is 44.2 Å². The zero-order valence-electron chi connectivity index (χ0n) is 17.9. The van der Waals surface area contributed by atoms with Crippen molar-refractivity contribution in [3.05, 3.63) is 71.8 Å². The molecule has 0 saturated heterocycles. The van der Waals surface area contributed by atoms with Crippen LogP contribution < -0.4 is 10.0 Å². The summed E-state index contributed by atoms with van der Waals surface area (Å²) in [6, 6.07) is 12.8. The molecule has 0 spiro atoms. The number of carbonyl (C=O) groups is 1. The summed E-state index contributed by atoms with van der Waals surface area (Å²) in [6.45, 7) is 5.73. The number of nitrogens with one attached hydrogen (secondary N) is 2. The largest absolute Gasteiger partial charge is 0.350 e. The van der Waals surface area contributed by atoms with Gasteiger partial charge in [-0.05, 0) is 62.1 Å². The van der Waals surface area contributed by atoms with Crippen molar-refractivity contribution in [3.8, 4) is 5.69 Å². The molecular formula is C22H27N5O3S. The van der Waals surface area contributed by atoms with Crippen molar-refractivity contribution in [1.82, 2.24) is 24.8 Å². The molecule has 2 N–H and O–H groups in total. The lowest BCUT2D eigenvalue weighted by Gasteiger charge is -2.15. The van der Waals surface area contributed by atoms with Crippen LogP contribution in [0.3, 0.4) is 0 Å². The molecular weight excluding hydrogens is 414 g/mol.